The molecule has 0 aromatic carbocycles. The second-order valence-electron chi connectivity index (χ2n) is 2.66. The van der Waals surface area contributed by atoms with E-state index in [1.54, 1.807) is 4.68 Å². The summed E-state index contributed by atoms with van der Waals surface area (Å²) in [6, 6.07) is 2.19. The van der Waals surface area contributed by atoms with Gasteiger partial charge in [0.05, 0.1) is 5.69 Å². The molecule has 0 saturated carbocycles. The summed E-state index contributed by atoms with van der Waals surface area (Å²) in [4.78, 5) is 0. The molecule has 10 heavy (non-hydrogen) atoms. The van der Waals surface area contributed by atoms with E-state index < -0.39 is 0 Å². The lowest BCUT2D eigenvalue weighted by molar-refractivity contribution is 0.685. The lowest BCUT2D eigenvalue weighted by atomic mass is 10.2. The molecule has 0 unspecified atom stereocenters. The molecule has 0 bridgehead atoms. The van der Waals surface area contributed by atoms with Crippen LogP contribution in [0.1, 0.15) is 12.6 Å². The van der Waals surface area contributed by atoms with Crippen molar-refractivity contribution in [2.45, 2.75) is 19.4 Å². The molecule has 0 aliphatic carbocycles. The van der Waals surface area contributed by atoms with Crippen molar-refractivity contribution < 1.29 is 0 Å². The van der Waals surface area contributed by atoms with Gasteiger partial charge in [0.2, 0.25) is 0 Å². The van der Waals surface area contributed by atoms with Gasteiger partial charge in [0, 0.05) is 25.7 Å². The van der Waals surface area contributed by atoms with Gasteiger partial charge in [0.1, 0.15) is 0 Å². The fourth-order valence-corrected chi connectivity index (χ4v) is 0.902. The van der Waals surface area contributed by atoms with Crippen LogP contribution in [0.3, 0.4) is 0 Å². The Morgan fingerprint density at radius 3 is 2.90 bits per heavy atom. The highest BCUT2D eigenvalue weighted by Gasteiger charge is 1.98. The first-order valence-electron chi connectivity index (χ1n) is 3.42. The van der Waals surface area contributed by atoms with Gasteiger partial charge in [-0.15, -0.1) is 0 Å². The van der Waals surface area contributed by atoms with Crippen molar-refractivity contribution in [3.8, 4) is 0 Å². The standard InChI is InChI=1S/C7H13N3/c1-6(8)5-7-3-4-10(2)9-7/h3-4,6H,5,8H2,1-2H3/t6-/m0/s1. The maximum atomic E-state index is 5.58. The fourth-order valence-electron chi connectivity index (χ4n) is 0.902. The summed E-state index contributed by atoms with van der Waals surface area (Å²) in [6.07, 6.45) is 2.79. The first-order chi connectivity index (χ1) is 4.68. The molecule has 1 heterocycles. The topological polar surface area (TPSA) is 43.8 Å². The molecule has 3 nitrogen and oxygen atoms in total. The number of aromatic nitrogens is 2. The highest BCUT2D eigenvalue weighted by Crippen LogP contribution is 1.96. The van der Waals surface area contributed by atoms with E-state index in [0.717, 1.165) is 12.1 Å². The first kappa shape index (κ1) is 7.28. The van der Waals surface area contributed by atoms with Crippen molar-refractivity contribution in [2.75, 3.05) is 0 Å². The van der Waals surface area contributed by atoms with E-state index in [1.165, 1.54) is 0 Å². The van der Waals surface area contributed by atoms with E-state index in [2.05, 4.69) is 5.10 Å². The van der Waals surface area contributed by atoms with Gasteiger partial charge < -0.3 is 5.73 Å². The van der Waals surface area contributed by atoms with Gasteiger partial charge >= 0.3 is 0 Å². The average molecular weight is 139 g/mol. The zero-order valence-electron chi connectivity index (χ0n) is 6.41. The molecule has 0 saturated heterocycles. The van der Waals surface area contributed by atoms with Gasteiger partial charge in [-0.25, -0.2) is 0 Å². The molecule has 1 aromatic heterocycles. The van der Waals surface area contributed by atoms with Crippen molar-refractivity contribution in [3.05, 3.63) is 18.0 Å². The summed E-state index contributed by atoms with van der Waals surface area (Å²) in [7, 11) is 1.91. The summed E-state index contributed by atoms with van der Waals surface area (Å²) in [5.41, 5.74) is 6.65. The first-order valence-corrected chi connectivity index (χ1v) is 3.42. The quantitative estimate of drug-likeness (QED) is 0.640. The lowest BCUT2D eigenvalue weighted by Gasteiger charge is -1.98. The molecular formula is C7H13N3. The summed E-state index contributed by atoms with van der Waals surface area (Å²) in [5, 5.41) is 4.19. The van der Waals surface area contributed by atoms with Crippen LogP contribution in [0.4, 0.5) is 0 Å². The smallest absolute Gasteiger partial charge is 0.0639 e. The molecular weight excluding hydrogens is 126 g/mol. The van der Waals surface area contributed by atoms with Crippen molar-refractivity contribution >= 4 is 0 Å². The van der Waals surface area contributed by atoms with E-state index in [9.17, 15) is 0 Å². The molecule has 0 radical (unpaired) electrons. The highest BCUT2D eigenvalue weighted by atomic mass is 15.2. The molecule has 1 aromatic rings. The fraction of sp³-hybridized carbons (Fsp3) is 0.571. The number of nitrogens with zero attached hydrogens (tertiary/aromatic N) is 2. The molecule has 2 N–H and O–H groups in total. The van der Waals surface area contributed by atoms with Gasteiger partial charge in [-0.1, -0.05) is 0 Å². The van der Waals surface area contributed by atoms with Crippen LogP contribution in [-0.2, 0) is 13.5 Å². The van der Waals surface area contributed by atoms with Crippen molar-refractivity contribution in [1.29, 1.82) is 0 Å². The Labute approximate surface area is 60.8 Å². The Kier molecular flexibility index (Phi) is 2.06. The van der Waals surface area contributed by atoms with E-state index in [0.29, 0.717) is 0 Å². The third-order valence-electron chi connectivity index (χ3n) is 1.30. The SMILES string of the molecule is C[C@H](N)Cc1ccn(C)n1. The lowest BCUT2D eigenvalue weighted by Crippen LogP contribution is -2.18. The number of aryl methyl sites for hydroxylation is 1. The van der Waals surface area contributed by atoms with Gasteiger partial charge in [-0.3, -0.25) is 4.68 Å². The maximum absolute atomic E-state index is 5.58. The molecule has 3 heteroatoms. The van der Waals surface area contributed by atoms with Crippen LogP contribution in [0.2, 0.25) is 0 Å². The molecule has 0 fully saturated rings. The number of rotatable bonds is 2. The molecule has 0 amide bonds. The van der Waals surface area contributed by atoms with E-state index in [4.69, 9.17) is 5.73 Å². The summed E-state index contributed by atoms with van der Waals surface area (Å²) < 4.78 is 1.79. The molecule has 0 aliphatic heterocycles. The highest BCUT2D eigenvalue weighted by molar-refractivity contribution is 5.00. The largest absolute Gasteiger partial charge is 0.328 e. The van der Waals surface area contributed by atoms with Crippen LogP contribution in [-0.4, -0.2) is 15.8 Å². The van der Waals surface area contributed by atoms with Crippen molar-refractivity contribution in [3.63, 3.8) is 0 Å². The Hall–Kier alpha value is -0.830. The predicted molar refractivity (Wildman–Crippen MR) is 40.6 cm³/mol. The molecule has 1 atom stereocenters. The van der Waals surface area contributed by atoms with Crippen LogP contribution >= 0.6 is 0 Å². The monoisotopic (exact) mass is 139 g/mol. The van der Waals surface area contributed by atoms with Gasteiger partial charge in [0.15, 0.2) is 0 Å². The number of hydrogen-bond donors (Lipinski definition) is 1. The number of nitrogens with two attached hydrogens (primary N) is 1. The summed E-state index contributed by atoms with van der Waals surface area (Å²) in [6.45, 7) is 1.98. The Bertz CT molecular complexity index is 202. The number of hydrogen-bond acceptors (Lipinski definition) is 2. The normalized spacial score (nSPS) is 13.5. The van der Waals surface area contributed by atoms with Crippen LogP contribution in [0.15, 0.2) is 12.3 Å². The van der Waals surface area contributed by atoms with Crippen LogP contribution < -0.4 is 5.73 Å². The predicted octanol–water partition coefficient (Wildman–Crippen LogP) is 0.310. The van der Waals surface area contributed by atoms with Crippen LogP contribution in [0.25, 0.3) is 0 Å². The third kappa shape index (κ3) is 1.84. The third-order valence-corrected chi connectivity index (χ3v) is 1.30. The van der Waals surface area contributed by atoms with E-state index in [-0.39, 0.29) is 6.04 Å². The molecule has 56 valence electrons. The minimum atomic E-state index is 0.204. The Morgan fingerprint density at radius 1 is 1.80 bits per heavy atom. The van der Waals surface area contributed by atoms with E-state index in [1.807, 2.05) is 26.2 Å². The van der Waals surface area contributed by atoms with Crippen LogP contribution in [0, 0.1) is 0 Å². The van der Waals surface area contributed by atoms with Gasteiger partial charge in [0.25, 0.3) is 0 Å². The summed E-state index contributed by atoms with van der Waals surface area (Å²) >= 11 is 0. The molecule has 0 spiro atoms. The van der Waals surface area contributed by atoms with Crippen molar-refractivity contribution in [1.82, 2.24) is 9.78 Å². The molecule has 0 aliphatic rings. The van der Waals surface area contributed by atoms with Gasteiger partial charge in [-0.2, -0.15) is 5.10 Å². The minimum Gasteiger partial charge on any atom is -0.328 e. The van der Waals surface area contributed by atoms with Crippen LogP contribution in [0.5, 0.6) is 0 Å². The average Bonchev–Trinajstić information content (AvgIpc) is 2.13. The van der Waals surface area contributed by atoms with Crippen molar-refractivity contribution in [2.24, 2.45) is 12.8 Å². The molecule has 1 rings (SSSR count). The Balaban J connectivity index is 2.58. The van der Waals surface area contributed by atoms with Gasteiger partial charge in [-0.05, 0) is 13.0 Å². The zero-order chi connectivity index (χ0) is 7.56. The second kappa shape index (κ2) is 2.84. The minimum absolute atomic E-state index is 0.204. The maximum Gasteiger partial charge on any atom is 0.0639 e. The summed E-state index contributed by atoms with van der Waals surface area (Å²) in [5.74, 6) is 0. The zero-order valence-corrected chi connectivity index (χ0v) is 6.41. The Morgan fingerprint density at radius 2 is 2.50 bits per heavy atom. The second-order valence-corrected chi connectivity index (χ2v) is 2.66. The van der Waals surface area contributed by atoms with E-state index >= 15 is 0 Å².